The molecule has 3 fully saturated rings. The summed E-state index contributed by atoms with van der Waals surface area (Å²) < 4.78 is 0. The first-order valence-corrected chi connectivity index (χ1v) is 6.65. The van der Waals surface area contributed by atoms with Gasteiger partial charge in [-0.15, -0.1) is 0 Å². The molecule has 1 nitrogen and oxygen atoms in total. The van der Waals surface area contributed by atoms with Crippen LogP contribution in [0.2, 0.25) is 0 Å². The molecule has 3 rings (SSSR count). The number of nitrogens with one attached hydrogen (secondary N) is 1. The molecule has 0 spiro atoms. The summed E-state index contributed by atoms with van der Waals surface area (Å²) in [5, 5.41) is 3.82. The lowest BCUT2D eigenvalue weighted by molar-refractivity contribution is 0.370. The Morgan fingerprint density at radius 1 is 1.14 bits per heavy atom. The zero-order valence-corrected chi connectivity index (χ0v) is 9.34. The molecule has 0 amide bonds. The van der Waals surface area contributed by atoms with E-state index >= 15 is 0 Å². The average molecular weight is 193 g/mol. The summed E-state index contributed by atoms with van der Waals surface area (Å²) in [6.07, 6.45) is 8.94. The van der Waals surface area contributed by atoms with Gasteiger partial charge in [-0.3, -0.25) is 0 Å². The van der Waals surface area contributed by atoms with Crippen molar-refractivity contribution in [1.82, 2.24) is 5.32 Å². The van der Waals surface area contributed by atoms with E-state index in [2.05, 4.69) is 12.2 Å². The van der Waals surface area contributed by atoms with E-state index < -0.39 is 0 Å². The molecule has 0 aromatic rings. The summed E-state index contributed by atoms with van der Waals surface area (Å²) in [5.41, 5.74) is 0. The Bertz CT molecular complexity index is 199. The van der Waals surface area contributed by atoms with Gasteiger partial charge in [0, 0.05) is 6.04 Å². The number of hydrogen-bond donors (Lipinski definition) is 1. The van der Waals surface area contributed by atoms with Crippen molar-refractivity contribution in [1.29, 1.82) is 0 Å². The van der Waals surface area contributed by atoms with Crippen LogP contribution in [0.25, 0.3) is 0 Å². The monoisotopic (exact) mass is 193 g/mol. The van der Waals surface area contributed by atoms with Gasteiger partial charge in [0.1, 0.15) is 0 Å². The van der Waals surface area contributed by atoms with E-state index in [0.717, 1.165) is 29.7 Å². The van der Waals surface area contributed by atoms with Gasteiger partial charge in [0.15, 0.2) is 0 Å². The minimum atomic E-state index is 0.922. The van der Waals surface area contributed by atoms with Crippen molar-refractivity contribution in [3.05, 3.63) is 0 Å². The Balaban J connectivity index is 1.57. The standard InChI is InChI=1S/C13H23N/c1-2-8-14-13(9-6-7-9)12-10-4-3-5-11(10)12/h9-14H,2-8H2,1H3. The van der Waals surface area contributed by atoms with Crippen LogP contribution in [0.4, 0.5) is 0 Å². The lowest BCUT2D eigenvalue weighted by Crippen LogP contribution is -2.35. The normalized spacial score (nSPS) is 42.2. The minimum absolute atomic E-state index is 0.922. The fraction of sp³-hybridized carbons (Fsp3) is 1.00. The molecular weight excluding hydrogens is 170 g/mol. The highest BCUT2D eigenvalue weighted by Crippen LogP contribution is 2.61. The second-order valence-corrected chi connectivity index (χ2v) is 5.65. The molecule has 0 aliphatic heterocycles. The van der Waals surface area contributed by atoms with Gasteiger partial charge in [0.05, 0.1) is 0 Å². The van der Waals surface area contributed by atoms with Crippen LogP contribution in [0.5, 0.6) is 0 Å². The van der Waals surface area contributed by atoms with E-state index in [0.29, 0.717) is 0 Å². The molecule has 1 N–H and O–H groups in total. The molecule has 3 aliphatic carbocycles. The molecule has 0 aromatic heterocycles. The van der Waals surface area contributed by atoms with Crippen molar-refractivity contribution in [3.63, 3.8) is 0 Å². The molecule has 3 atom stereocenters. The van der Waals surface area contributed by atoms with Gasteiger partial charge >= 0.3 is 0 Å². The molecule has 3 saturated carbocycles. The smallest absolute Gasteiger partial charge is 0.0129 e. The largest absolute Gasteiger partial charge is 0.313 e. The third kappa shape index (κ3) is 1.50. The van der Waals surface area contributed by atoms with E-state index in [9.17, 15) is 0 Å². The molecule has 0 radical (unpaired) electrons. The molecule has 0 aromatic carbocycles. The van der Waals surface area contributed by atoms with Gasteiger partial charge < -0.3 is 5.32 Å². The lowest BCUT2D eigenvalue weighted by atomic mass is 10.00. The summed E-state index contributed by atoms with van der Waals surface area (Å²) in [5.74, 6) is 4.45. The number of rotatable bonds is 5. The average Bonchev–Trinajstić information content (AvgIpc) is 3.10. The fourth-order valence-corrected chi connectivity index (χ4v) is 3.79. The fourth-order valence-electron chi connectivity index (χ4n) is 3.79. The lowest BCUT2D eigenvalue weighted by Gasteiger charge is -2.19. The zero-order chi connectivity index (χ0) is 9.54. The molecule has 1 heteroatoms. The molecule has 14 heavy (non-hydrogen) atoms. The first-order chi connectivity index (χ1) is 6.92. The van der Waals surface area contributed by atoms with E-state index in [4.69, 9.17) is 0 Å². The van der Waals surface area contributed by atoms with Crippen LogP contribution in [0.3, 0.4) is 0 Å². The third-order valence-electron chi connectivity index (χ3n) is 4.65. The number of fused-ring (bicyclic) bond motifs is 1. The quantitative estimate of drug-likeness (QED) is 0.708. The first kappa shape index (κ1) is 9.21. The van der Waals surface area contributed by atoms with Gasteiger partial charge in [0.2, 0.25) is 0 Å². The van der Waals surface area contributed by atoms with Crippen LogP contribution in [0.15, 0.2) is 0 Å². The van der Waals surface area contributed by atoms with Crippen molar-refractivity contribution >= 4 is 0 Å². The predicted octanol–water partition coefficient (Wildman–Crippen LogP) is 2.81. The van der Waals surface area contributed by atoms with Crippen LogP contribution < -0.4 is 5.32 Å². The number of hydrogen-bond acceptors (Lipinski definition) is 1. The Kier molecular flexibility index (Phi) is 2.31. The highest BCUT2D eigenvalue weighted by molar-refractivity contribution is 5.09. The predicted molar refractivity (Wildman–Crippen MR) is 59.1 cm³/mol. The molecule has 80 valence electrons. The van der Waals surface area contributed by atoms with Gasteiger partial charge in [-0.25, -0.2) is 0 Å². The topological polar surface area (TPSA) is 12.0 Å². The maximum Gasteiger partial charge on any atom is 0.0129 e. The van der Waals surface area contributed by atoms with Crippen molar-refractivity contribution in [3.8, 4) is 0 Å². The second kappa shape index (κ2) is 3.52. The van der Waals surface area contributed by atoms with Crippen LogP contribution in [0, 0.1) is 23.7 Å². The molecule has 0 saturated heterocycles. The zero-order valence-electron chi connectivity index (χ0n) is 9.34. The molecular formula is C13H23N. The second-order valence-electron chi connectivity index (χ2n) is 5.65. The minimum Gasteiger partial charge on any atom is -0.313 e. The Morgan fingerprint density at radius 2 is 1.86 bits per heavy atom. The third-order valence-corrected chi connectivity index (χ3v) is 4.65. The molecule has 3 aliphatic rings. The van der Waals surface area contributed by atoms with Crippen molar-refractivity contribution in [2.24, 2.45) is 23.7 Å². The van der Waals surface area contributed by atoms with Crippen LogP contribution in [-0.2, 0) is 0 Å². The van der Waals surface area contributed by atoms with Crippen LogP contribution in [0.1, 0.15) is 45.4 Å². The maximum absolute atomic E-state index is 3.82. The first-order valence-electron chi connectivity index (χ1n) is 6.65. The molecule has 0 bridgehead atoms. The maximum atomic E-state index is 3.82. The van der Waals surface area contributed by atoms with Crippen molar-refractivity contribution < 1.29 is 0 Å². The molecule has 0 heterocycles. The highest BCUT2D eigenvalue weighted by Gasteiger charge is 2.58. The Labute approximate surface area is 87.7 Å². The van der Waals surface area contributed by atoms with E-state index in [1.165, 1.54) is 32.2 Å². The summed E-state index contributed by atoms with van der Waals surface area (Å²) in [4.78, 5) is 0. The van der Waals surface area contributed by atoms with Crippen LogP contribution >= 0.6 is 0 Å². The van der Waals surface area contributed by atoms with Gasteiger partial charge in [-0.05, 0) is 62.3 Å². The van der Waals surface area contributed by atoms with Gasteiger partial charge in [0.25, 0.3) is 0 Å². The Hall–Kier alpha value is -0.0400. The van der Waals surface area contributed by atoms with Crippen LogP contribution in [-0.4, -0.2) is 12.6 Å². The van der Waals surface area contributed by atoms with E-state index in [-0.39, 0.29) is 0 Å². The summed E-state index contributed by atoms with van der Waals surface area (Å²) in [6.45, 7) is 3.53. The van der Waals surface area contributed by atoms with Crippen molar-refractivity contribution in [2.45, 2.75) is 51.5 Å². The summed E-state index contributed by atoms with van der Waals surface area (Å²) in [7, 11) is 0. The summed E-state index contributed by atoms with van der Waals surface area (Å²) >= 11 is 0. The van der Waals surface area contributed by atoms with Crippen molar-refractivity contribution in [2.75, 3.05) is 6.54 Å². The highest BCUT2D eigenvalue weighted by atomic mass is 15.0. The van der Waals surface area contributed by atoms with Gasteiger partial charge in [-0.1, -0.05) is 13.3 Å². The summed E-state index contributed by atoms with van der Waals surface area (Å²) in [6, 6.07) is 0.922. The van der Waals surface area contributed by atoms with Gasteiger partial charge in [-0.2, -0.15) is 0 Å². The van der Waals surface area contributed by atoms with E-state index in [1.807, 2.05) is 0 Å². The Morgan fingerprint density at radius 3 is 2.43 bits per heavy atom. The molecule has 3 unspecified atom stereocenters. The van der Waals surface area contributed by atoms with E-state index in [1.54, 1.807) is 12.8 Å². The SMILES string of the molecule is CCCNC(C1CC1)C1C2CCCC21.